The van der Waals surface area contributed by atoms with E-state index in [0.717, 1.165) is 61.6 Å². The van der Waals surface area contributed by atoms with Gasteiger partial charge in [-0.15, -0.1) is 11.6 Å². The number of esters is 1. The number of ketones is 1. The summed E-state index contributed by atoms with van der Waals surface area (Å²) in [4.78, 5) is 47.8. The Morgan fingerprint density at radius 3 is 2.25 bits per heavy atom. The zero-order valence-electron chi connectivity index (χ0n) is 35.7. The number of para-hydroxylation sites is 1. The third-order valence-corrected chi connectivity index (χ3v) is 11.5. The molecule has 6 rings (SSSR count). The first-order valence-corrected chi connectivity index (χ1v) is 22.6. The van der Waals surface area contributed by atoms with Gasteiger partial charge in [0.2, 0.25) is 5.91 Å². The Kier molecular flexibility index (Phi) is 18.1. The number of methoxy groups -OCH3 is 2. The SMILES string of the molecule is CCc1cccc(C)c1N(C(=O)CCl)C(C)COC.COC(=O)c1cc(Oc2ccc(Cl)cc2Cl)ccc1[N+](=O)[O-].CS(=O)(=O)c1cc(C(F)(F)F)ccc1C(=O)c1cnoc1C1CC1. The molecule has 21 heteroatoms. The summed E-state index contributed by atoms with van der Waals surface area (Å²) in [6, 6.07) is 16.4. The number of sulfone groups is 1. The van der Waals surface area contributed by atoms with E-state index in [-0.39, 0.29) is 56.9 Å². The van der Waals surface area contributed by atoms with Crippen LogP contribution in [-0.4, -0.2) is 75.2 Å². The van der Waals surface area contributed by atoms with Gasteiger partial charge in [0.15, 0.2) is 21.4 Å². The Morgan fingerprint density at radius 1 is 1.00 bits per heavy atom. The van der Waals surface area contributed by atoms with Gasteiger partial charge in [0.1, 0.15) is 22.9 Å². The highest BCUT2D eigenvalue weighted by molar-refractivity contribution is 7.90. The molecule has 1 unspecified atom stereocenters. The average molecular weight is 985 g/mol. The lowest BCUT2D eigenvalue weighted by molar-refractivity contribution is -0.385. The van der Waals surface area contributed by atoms with Gasteiger partial charge >= 0.3 is 12.1 Å². The third-order valence-electron chi connectivity index (χ3n) is 9.61. The van der Waals surface area contributed by atoms with Crippen LogP contribution in [-0.2, 0) is 36.7 Å². The highest BCUT2D eigenvalue weighted by Crippen LogP contribution is 2.42. The molecule has 0 aliphatic heterocycles. The average Bonchev–Trinajstić information content (AvgIpc) is 3.99. The molecule has 5 aromatic rings. The fourth-order valence-electron chi connectivity index (χ4n) is 6.41. The van der Waals surface area contributed by atoms with Crippen LogP contribution in [0.5, 0.6) is 11.5 Å². The summed E-state index contributed by atoms with van der Waals surface area (Å²) < 4.78 is 82.5. The second-order valence-electron chi connectivity index (χ2n) is 14.4. The number of hydrogen-bond donors (Lipinski definition) is 0. The van der Waals surface area contributed by atoms with Gasteiger partial charge < -0.3 is 23.6 Å². The van der Waals surface area contributed by atoms with Crippen molar-refractivity contribution in [3.05, 3.63) is 138 Å². The van der Waals surface area contributed by atoms with Crippen molar-refractivity contribution >= 4 is 73.7 Å². The first-order valence-electron chi connectivity index (χ1n) is 19.4. The highest BCUT2D eigenvalue weighted by Gasteiger charge is 2.36. The van der Waals surface area contributed by atoms with Gasteiger partial charge in [-0.3, -0.25) is 19.7 Å². The van der Waals surface area contributed by atoms with E-state index in [1.807, 2.05) is 26.0 Å². The molecule has 1 aliphatic carbocycles. The molecule has 1 fully saturated rings. The summed E-state index contributed by atoms with van der Waals surface area (Å²) in [5, 5.41) is 15.2. The number of carbonyl (C=O) groups is 3. The van der Waals surface area contributed by atoms with Crippen LogP contribution in [0, 0.1) is 17.0 Å². The molecule has 1 heterocycles. The van der Waals surface area contributed by atoms with Crippen molar-refractivity contribution in [1.82, 2.24) is 5.16 Å². The smallest absolute Gasteiger partial charge is 0.416 e. The van der Waals surface area contributed by atoms with Gasteiger partial charge in [-0.25, -0.2) is 13.2 Å². The zero-order valence-corrected chi connectivity index (χ0v) is 38.8. The van der Waals surface area contributed by atoms with Crippen LogP contribution in [0.3, 0.4) is 0 Å². The quantitative estimate of drug-likeness (QED) is 0.0337. The summed E-state index contributed by atoms with van der Waals surface area (Å²) >= 11 is 17.5. The van der Waals surface area contributed by atoms with E-state index in [4.69, 9.17) is 48.8 Å². The minimum atomic E-state index is -4.71. The predicted molar refractivity (Wildman–Crippen MR) is 238 cm³/mol. The molecule has 1 atom stereocenters. The Morgan fingerprint density at radius 2 is 1.69 bits per heavy atom. The molecule has 0 bridgehead atoms. The molecule has 1 amide bonds. The van der Waals surface area contributed by atoms with Crippen molar-refractivity contribution in [2.24, 2.45) is 0 Å². The third kappa shape index (κ3) is 13.5. The molecule has 4 aromatic carbocycles. The van der Waals surface area contributed by atoms with E-state index in [0.29, 0.717) is 35.3 Å². The number of amides is 1. The van der Waals surface area contributed by atoms with Gasteiger partial charge in [-0.2, -0.15) is 13.2 Å². The van der Waals surface area contributed by atoms with Crippen molar-refractivity contribution in [3.8, 4) is 11.5 Å². The molecule has 65 heavy (non-hydrogen) atoms. The minimum Gasteiger partial charge on any atom is -0.465 e. The topological polar surface area (TPSA) is 185 Å². The summed E-state index contributed by atoms with van der Waals surface area (Å²) in [6.45, 7) is 6.56. The van der Waals surface area contributed by atoms with E-state index in [1.54, 1.807) is 24.1 Å². The Balaban J connectivity index is 0.000000215. The van der Waals surface area contributed by atoms with E-state index >= 15 is 0 Å². The van der Waals surface area contributed by atoms with Crippen molar-refractivity contribution in [2.45, 2.75) is 63.1 Å². The molecular formula is C44H43Cl3F3N3O11S. The van der Waals surface area contributed by atoms with Crippen molar-refractivity contribution < 1.29 is 59.6 Å². The number of alkyl halides is 4. The van der Waals surface area contributed by atoms with Crippen LogP contribution in [0.25, 0.3) is 0 Å². The van der Waals surface area contributed by atoms with Gasteiger partial charge in [0, 0.05) is 42.0 Å². The fourth-order valence-corrected chi connectivity index (χ4v) is 7.89. The number of aryl methyl sites for hydroxylation is 2. The molecule has 1 saturated carbocycles. The number of anilines is 1. The van der Waals surface area contributed by atoms with Crippen LogP contribution >= 0.6 is 34.8 Å². The summed E-state index contributed by atoms with van der Waals surface area (Å²) in [5.41, 5.74) is 1.25. The number of nitrogens with zero attached hydrogens (tertiary/aromatic N) is 3. The second kappa shape index (κ2) is 22.6. The summed E-state index contributed by atoms with van der Waals surface area (Å²) in [7, 11) is -1.27. The van der Waals surface area contributed by atoms with Crippen LogP contribution in [0.15, 0.2) is 88.4 Å². The van der Waals surface area contributed by atoms with E-state index in [2.05, 4.69) is 22.9 Å². The van der Waals surface area contributed by atoms with Crippen LogP contribution in [0.4, 0.5) is 24.5 Å². The number of ether oxygens (including phenoxy) is 3. The maximum absolute atomic E-state index is 12.8. The van der Waals surface area contributed by atoms with E-state index in [9.17, 15) is 46.1 Å². The summed E-state index contributed by atoms with van der Waals surface area (Å²) in [6.07, 6.45) is -0.266. The molecule has 0 spiro atoms. The van der Waals surface area contributed by atoms with Gasteiger partial charge in [-0.1, -0.05) is 53.5 Å². The normalized spacial score (nSPS) is 12.7. The minimum absolute atomic E-state index is 0.0223. The monoisotopic (exact) mass is 983 g/mol. The maximum Gasteiger partial charge on any atom is 0.416 e. The number of hydrogen-bond acceptors (Lipinski definition) is 12. The number of rotatable bonds is 14. The molecule has 0 radical (unpaired) electrons. The molecule has 1 aromatic heterocycles. The number of carbonyl (C=O) groups excluding carboxylic acids is 3. The van der Waals surface area contributed by atoms with Crippen molar-refractivity contribution in [1.29, 1.82) is 0 Å². The maximum atomic E-state index is 12.8. The lowest BCUT2D eigenvalue weighted by Crippen LogP contribution is -2.43. The number of aromatic nitrogens is 1. The number of nitro benzene ring substituents is 1. The fraction of sp³-hybridized carbons (Fsp3) is 0.318. The number of nitro groups is 1. The Bertz CT molecular complexity index is 2660. The summed E-state index contributed by atoms with van der Waals surface area (Å²) in [5.74, 6) is -0.763. The Labute approximate surface area is 387 Å². The van der Waals surface area contributed by atoms with Crippen molar-refractivity contribution in [2.75, 3.05) is 37.9 Å². The van der Waals surface area contributed by atoms with Crippen LogP contribution in [0.2, 0.25) is 10.0 Å². The number of benzene rings is 4. The number of halogens is 6. The van der Waals surface area contributed by atoms with Crippen LogP contribution in [0.1, 0.15) is 81.3 Å². The molecule has 1 aliphatic rings. The van der Waals surface area contributed by atoms with Gasteiger partial charge in [-0.05, 0) is 86.7 Å². The molecule has 0 N–H and O–H groups in total. The molecular weight excluding hydrogens is 942 g/mol. The van der Waals surface area contributed by atoms with Crippen LogP contribution < -0.4 is 9.64 Å². The van der Waals surface area contributed by atoms with Crippen molar-refractivity contribution in [3.63, 3.8) is 0 Å². The second-order valence-corrected chi connectivity index (χ2v) is 17.5. The molecule has 14 nitrogen and oxygen atoms in total. The van der Waals surface area contributed by atoms with E-state index < -0.39 is 43.1 Å². The van der Waals surface area contributed by atoms with E-state index in [1.165, 1.54) is 24.4 Å². The molecule has 0 saturated heterocycles. The first-order chi connectivity index (χ1) is 30.6. The standard InChI is InChI=1S/C15H22ClNO2.C15H12F3NO4S.C14H9Cl2NO5/c1-5-13-8-6-7-11(2)15(13)17(14(18)9-16)12(3)10-19-4;1-24(21,22)12-6-9(15(16,17)18)4-5-10(12)13(20)11-7-19-23-14(11)8-2-3-8;1-21-14(18)10-7-9(3-4-12(10)17(19)20)22-13-5-2-8(15)6-11(13)16/h6-8,12H,5,9-10H2,1-4H3;4-8H,2-3H2,1H3;2-7H,1H3. The Hall–Kier alpha value is -5.53. The zero-order chi connectivity index (χ0) is 48.4. The van der Waals surface area contributed by atoms with Gasteiger partial charge in [0.25, 0.3) is 5.69 Å². The predicted octanol–water partition coefficient (Wildman–Crippen LogP) is 10.8. The highest BCUT2D eigenvalue weighted by atomic mass is 35.5. The largest absolute Gasteiger partial charge is 0.465 e. The van der Waals surface area contributed by atoms with Gasteiger partial charge in [0.05, 0.1) is 57.6 Å². The lowest BCUT2D eigenvalue weighted by atomic mass is 10.0. The first kappa shape index (κ1) is 52.1. The lowest BCUT2D eigenvalue weighted by Gasteiger charge is -2.31. The molecule has 348 valence electrons.